The molecule has 0 aliphatic carbocycles. The number of rotatable bonds is 4. The highest BCUT2D eigenvalue weighted by Crippen LogP contribution is 2.26. The van der Waals surface area contributed by atoms with Gasteiger partial charge in [-0.25, -0.2) is 0 Å². The zero-order valence-corrected chi connectivity index (χ0v) is 14.0. The molecule has 0 N–H and O–H groups in total. The highest BCUT2D eigenvalue weighted by molar-refractivity contribution is 5.79. The first-order valence-electron chi connectivity index (χ1n) is 8.30. The molecule has 22 heavy (non-hydrogen) atoms. The Morgan fingerprint density at radius 3 is 2.64 bits per heavy atom. The summed E-state index contributed by atoms with van der Waals surface area (Å²) in [5.41, 5.74) is 2.81. The number of morpholine rings is 1. The second kappa shape index (κ2) is 6.39. The van der Waals surface area contributed by atoms with Crippen LogP contribution in [0.2, 0.25) is 0 Å². The van der Waals surface area contributed by atoms with Crippen molar-refractivity contribution in [3.63, 3.8) is 0 Å². The average Bonchev–Trinajstić information content (AvgIpc) is 2.90. The molecule has 1 aliphatic rings. The normalized spacial score (nSPS) is 17.2. The molecule has 0 radical (unpaired) electrons. The zero-order valence-electron chi connectivity index (χ0n) is 14.0. The number of nitrogens with zero attached hydrogens (tertiary/aromatic N) is 3. The van der Waals surface area contributed by atoms with E-state index in [9.17, 15) is 0 Å². The highest BCUT2D eigenvalue weighted by atomic mass is 16.5. The lowest BCUT2D eigenvalue weighted by molar-refractivity contribution is 0.0368. The third-order valence-electron chi connectivity index (χ3n) is 4.46. The molecule has 1 saturated heterocycles. The van der Waals surface area contributed by atoms with Gasteiger partial charge < -0.3 is 4.74 Å². The highest BCUT2D eigenvalue weighted by Gasteiger charge is 2.15. The van der Waals surface area contributed by atoms with Crippen LogP contribution in [0.5, 0.6) is 0 Å². The van der Waals surface area contributed by atoms with E-state index >= 15 is 0 Å². The van der Waals surface area contributed by atoms with Gasteiger partial charge in [0.05, 0.1) is 24.9 Å². The first-order chi connectivity index (χ1) is 10.5. The molecule has 0 bridgehead atoms. The second-order valence-electron chi connectivity index (χ2n) is 7.20. The van der Waals surface area contributed by atoms with Crippen molar-refractivity contribution in [2.75, 3.05) is 32.8 Å². The maximum atomic E-state index is 5.40. The van der Waals surface area contributed by atoms with Crippen LogP contribution in [0.15, 0.2) is 24.4 Å². The van der Waals surface area contributed by atoms with E-state index in [1.54, 1.807) is 0 Å². The Balaban J connectivity index is 1.68. The minimum absolute atomic E-state index is 0.178. The molecule has 1 aromatic carbocycles. The molecule has 1 aliphatic heterocycles. The molecule has 4 heteroatoms. The van der Waals surface area contributed by atoms with Gasteiger partial charge in [-0.2, -0.15) is 5.10 Å². The lowest BCUT2D eigenvalue weighted by Crippen LogP contribution is -2.37. The molecule has 2 aromatic rings. The van der Waals surface area contributed by atoms with Crippen LogP contribution < -0.4 is 0 Å². The number of fused-ring (bicyclic) bond motifs is 1. The van der Waals surface area contributed by atoms with Crippen molar-refractivity contribution in [2.45, 2.75) is 39.2 Å². The predicted octanol–water partition coefficient (Wildman–Crippen LogP) is 3.06. The van der Waals surface area contributed by atoms with Crippen molar-refractivity contribution < 1.29 is 4.74 Å². The van der Waals surface area contributed by atoms with Gasteiger partial charge in [0.2, 0.25) is 0 Å². The Hall–Kier alpha value is -1.39. The molecule has 1 fully saturated rings. The monoisotopic (exact) mass is 301 g/mol. The molecule has 0 unspecified atom stereocenters. The van der Waals surface area contributed by atoms with Gasteiger partial charge in [-0.1, -0.05) is 32.9 Å². The summed E-state index contributed by atoms with van der Waals surface area (Å²) in [6.45, 7) is 12.8. The number of ether oxygens (including phenoxy) is 1. The van der Waals surface area contributed by atoms with Crippen LogP contribution in [0, 0.1) is 0 Å². The predicted molar refractivity (Wildman–Crippen MR) is 90.3 cm³/mol. The molecule has 2 heterocycles. The van der Waals surface area contributed by atoms with Crippen LogP contribution in [-0.2, 0) is 16.7 Å². The van der Waals surface area contributed by atoms with Gasteiger partial charge in [0.1, 0.15) is 0 Å². The minimum atomic E-state index is 0.178. The van der Waals surface area contributed by atoms with E-state index < -0.39 is 0 Å². The van der Waals surface area contributed by atoms with Crippen molar-refractivity contribution in [3.8, 4) is 0 Å². The molecule has 3 rings (SSSR count). The average molecular weight is 301 g/mol. The van der Waals surface area contributed by atoms with Crippen LogP contribution in [0.25, 0.3) is 10.9 Å². The first-order valence-corrected chi connectivity index (χ1v) is 8.30. The number of hydrogen-bond acceptors (Lipinski definition) is 3. The van der Waals surface area contributed by atoms with E-state index in [1.807, 2.05) is 6.20 Å². The third-order valence-corrected chi connectivity index (χ3v) is 4.46. The molecule has 0 amide bonds. The summed E-state index contributed by atoms with van der Waals surface area (Å²) < 4.78 is 7.55. The standard InChI is InChI=1S/C18H27N3O/c1-18(2,3)16-6-5-15-14-19-21(17(15)13-16)8-4-7-20-9-11-22-12-10-20/h5-6,13-14H,4,7-12H2,1-3H3. The van der Waals surface area contributed by atoms with Gasteiger partial charge in [0.25, 0.3) is 0 Å². The number of aryl methyl sites for hydroxylation is 1. The molecular formula is C18H27N3O. The fourth-order valence-electron chi connectivity index (χ4n) is 2.98. The van der Waals surface area contributed by atoms with Crippen molar-refractivity contribution in [1.82, 2.24) is 14.7 Å². The van der Waals surface area contributed by atoms with Gasteiger partial charge in [0, 0.05) is 31.6 Å². The minimum Gasteiger partial charge on any atom is -0.379 e. The molecule has 1 aromatic heterocycles. The molecule has 4 nitrogen and oxygen atoms in total. The molecule has 0 spiro atoms. The lowest BCUT2D eigenvalue weighted by Gasteiger charge is -2.26. The Kier molecular flexibility index (Phi) is 4.50. The van der Waals surface area contributed by atoms with E-state index in [2.05, 4.69) is 53.7 Å². The van der Waals surface area contributed by atoms with Crippen molar-refractivity contribution >= 4 is 10.9 Å². The second-order valence-corrected chi connectivity index (χ2v) is 7.20. The van der Waals surface area contributed by atoms with E-state index in [0.29, 0.717) is 0 Å². The van der Waals surface area contributed by atoms with Gasteiger partial charge in [-0.05, 0) is 23.5 Å². The number of aromatic nitrogens is 2. The summed E-state index contributed by atoms with van der Waals surface area (Å²) in [4.78, 5) is 2.48. The Labute approximate surface area is 133 Å². The van der Waals surface area contributed by atoms with Gasteiger partial charge in [-0.3, -0.25) is 9.58 Å². The molecule has 120 valence electrons. The Morgan fingerprint density at radius 2 is 1.91 bits per heavy atom. The van der Waals surface area contributed by atoms with Crippen molar-refractivity contribution in [2.24, 2.45) is 0 Å². The summed E-state index contributed by atoms with van der Waals surface area (Å²) >= 11 is 0. The van der Waals surface area contributed by atoms with E-state index in [0.717, 1.165) is 45.8 Å². The number of benzene rings is 1. The van der Waals surface area contributed by atoms with E-state index in [-0.39, 0.29) is 5.41 Å². The van der Waals surface area contributed by atoms with Gasteiger partial charge in [0.15, 0.2) is 0 Å². The quantitative estimate of drug-likeness (QED) is 0.869. The molecule has 0 saturated carbocycles. The van der Waals surface area contributed by atoms with Gasteiger partial charge >= 0.3 is 0 Å². The first kappa shape index (κ1) is 15.5. The largest absolute Gasteiger partial charge is 0.379 e. The smallest absolute Gasteiger partial charge is 0.0685 e. The maximum Gasteiger partial charge on any atom is 0.0685 e. The third kappa shape index (κ3) is 3.50. The van der Waals surface area contributed by atoms with Crippen LogP contribution in [-0.4, -0.2) is 47.5 Å². The Morgan fingerprint density at radius 1 is 1.14 bits per heavy atom. The van der Waals surface area contributed by atoms with Crippen molar-refractivity contribution in [3.05, 3.63) is 30.0 Å². The van der Waals surface area contributed by atoms with E-state index in [4.69, 9.17) is 4.74 Å². The lowest BCUT2D eigenvalue weighted by atomic mass is 9.87. The van der Waals surface area contributed by atoms with E-state index in [1.165, 1.54) is 16.5 Å². The van der Waals surface area contributed by atoms with Crippen LogP contribution >= 0.6 is 0 Å². The van der Waals surface area contributed by atoms with Crippen LogP contribution in [0.4, 0.5) is 0 Å². The number of hydrogen-bond donors (Lipinski definition) is 0. The topological polar surface area (TPSA) is 30.3 Å². The summed E-state index contributed by atoms with van der Waals surface area (Å²) in [5, 5.41) is 5.81. The summed E-state index contributed by atoms with van der Waals surface area (Å²) in [7, 11) is 0. The molecule has 0 atom stereocenters. The fourth-order valence-corrected chi connectivity index (χ4v) is 2.98. The Bertz CT molecular complexity index is 621. The molecular weight excluding hydrogens is 274 g/mol. The summed E-state index contributed by atoms with van der Waals surface area (Å²) in [6, 6.07) is 6.72. The van der Waals surface area contributed by atoms with Gasteiger partial charge in [-0.15, -0.1) is 0 Å². The maximum absolute atomic E-state index is 5.40. The fraction of sp³-hybridized carbons (Fsp3) is 0.611. The summed E-state index contributed by atoms with van der Waals surface area (Å²) in [6.07, 6.45) is 3.12. The van der Waals surface area contributed by atoms with Crippen molar-refractivity contribution in [1.29, 1.82) is 0 Å². The SMILES string of the molecule is CC(C)(C)c1ccc2cnn(CCCN3CCOCC3)c2c1. The van der Waals surface area contributed by atoms with Crippen LogP contribution in [0.1, 0.15) is 32.8 Å². The zero-order chi connectivity index (χ0) is 15.6. The summed E-state index contributed by atoms with van der Waals surface area (Å²) in [5.74, 6) is 0. The van der Waals surface area contributed by atoms with Crippen LogP contribution in [0.3, 0.4) is 0 Å².